The molecule has 0 bridgehead atoms. The molecule has 5 heteroatoms. The molecule has 0 radical (unpaired) electrons. The average Bonchev–Trinajstić information content (AvgIpc) is 2.74. The van der Waals surface area contributed by atoms with Crippen LogP contribution in [0.4, 0.5) is 0 Å². The van der Waals surface area contributed by atoms with Crippen LogP contribution >= 0.6 is 0 Å². The molecule has 0 spiro atoms. The number of hydrogen-bond acceptors (Lipinski definition) is 5. The summed E-state index contributed by atoms with van der Waals surface area (Å²) in [6.07, 6.45) is 11.2. The number of ether oxygens (including phenoxy) is 1. The molecule has 0 aliphatic heterocycles. The molecule has 3 N–H and O–H groups in total. The second-order valence-electron chi connectivity index (χ2n) is 9.19. The highest BCUT2D eigenvalue weighted by atomic mass is 16.5. The van der Waals surface area contributed by atoms with Gasteiger partial charge >= 0.3 is 0 Å². The summed E-state index contributed by atoms with van der Waals surface area (Å²) >= 11 is 0. The molecule has 1 aromatic carbocycles. The molecule has 2 aliphatic carbocycles. The second kappa shape index (κ2) is 11.3. The minimum Gasteiger partial charge on any atom is -0.491 e. The van der Waals surface area contributed by atoms with E-state index in [1.807, 2.05) is 24.3 Å². The first-order valence-corrected chi connectivity index (χ1v) is 11.6. The number of benzene rings is 1. The van der Waals surface area contributed by atoms with Gasteiger partial charge < -0.3 is 25.2 Å². The molecule has 1 atom stereocenters. The first kappa shape index (κ1) is 22.5. The highest BCUT2D eigenvalue weighted by Crippen LogP contribution is 2.27. The summed E-state index contributed by atoms with van der Waals surface area (Å²) in [5.74, 6) is 0.815. The summed E-state index contributed by atoms with van der Waals surface area (Å²) in [7, 11) is 2.12. The molecular weight excluding hydrogens is 364 g/mol. The maximum absolute atomic E-state index is 10.7. The smallest absolute Gasteiger partial charge is 0.123 e. The van der Waals surface area contributed by atoms with Gasteiger partial charge in [0.1, 0.15) is 18.5 Å². The molecule has 29 heavy (non-hydrogen) atoms. The number of aliphatic hydroxyl groups excluding tert-OH is 1. The predicted octanol–water partition coefficient (Wildman–Crippen LogP) is 3.48. The van der Waals surface area contributed by atoms with Crippen LogP contribution in [0.3, 0.4) is 0 Å². The SMILES string of the molecule is CN(C[C@@H](O)COc1ccccc1CNCC1(O)CCCCC1)C1CCCCC1. The average molecular weight is 405 g/mol. The van der Waals surface area contributed by atoms with Gasteiger partial charge in [-0.1, -0.05) is 56.7 Å². The molecule has 3 rings (SSSR count). The lowest BCUT2D eigenvalue weighted by molar-refractivity contribution is 0.00460. The van der Waals surface area contributed by atoms with Crippen LogP contribution in [0.5, 0.6) is 5.75 Å². The zero-order valence-electron chi connectivity index (χ0n) is 18.1. The lowest BCUT2D eigenvalue weighted by Crippen LogP contribution is -2.42. The summed E-state index contributed by atoms with van der Waals surface area (Å²) in [5, 5.41) is 24.5. The molecule has 2 saturated carbocycles. The number of aliphatic hydroxyl groups is 2. The van der Waals surface area contributed by atoms with Crippen molar-refractivity contribution in [1.29, 1.82) is 0 Å². The van der Waals surface area contributed by atoms with E-state index in [1.54, 1.807) is 0 Å². The quantitative estimate of drug-likeness (QED) is 0.557. The fraction of sp³-hybridized carbons (Fsp3) is 0.750. The van der Waals surface area contributed by atoms with Gasteiger partial charge in [-0.15, -0.1) is 0 Å². The van der Waals surface area contributed by atoms with Crippen molar-refractivity contribution in [3.05, 3.63) is 29.8 Å². The molecule has 0 aromatic heterocycles. The van der Waals surface area contributed by atoms with Crippen LogP contribution in [0.15, 0.2) is 24.3 Å². The van der Waals surface area contributed by atoms with Crippen LogP contribution in [-0.2, 0) is 6.54 Å². The standard InChI is InChI=1S/C24H40N2O3/c1-26(21-11-4-2-5-12-21)17-22(27)18-29-23-13-7-6-10-20(23)16-25-19-24(28)14-8-3-9-15-24/h6-7,10,13,21-22,25,27-28H,2-5,8-9,11-12,14-19H2,1H3/t22-/m1/s1. The van der Waals surface area contributed by atoms with Crippen LogP contribution < -0.4 is 10.1 Å². The first-order valence-electron chi connectivity index (χ1n) is 11.6. The predicted molar refractivity (Wildman–Crippen MR) is 117 cm³/mol. The number of likely N-dealkylation sites (N-methyl/N-ethyl adjacent to an activating group) is 1. The summed E-state index contributed by atoms with van der Waals surface area (Å²) in [4.78, 5) is 2.30. The number of para-hydroxylation sites is 1. The van der Waals surface area contributed by atoms with Crippen molar-refractivity contribution < 1.29 is 14.9 Å². The summed E-state index contributed by atoms with van der Waals surface area (Å²) in [5.41, 5.74) is 0.508. The Bertz CT molecular complexity index is 598. The van der Waals surface area contributed by atoms with Crippen LogP contribution in [0.2, 0.25) is 0 Å². The Morgan fingerprint density at radius 2 is 1.79 bits per heavy atom. The number of hydrogen-bond donors (Lipinski definition) is 3. The Hall–Kier alpha value is -1.14. The van der Waals surface area contributed by atoms with Gasteiger partial charge in [-0.3, -0.25) is 0 Å². The van der Waals surface area contributed by atoms with E-state index in [2.05, 4.69) is 17.3 Å². The van der Waals surface area contributed by atoms with E-state index in [4.69, 9.17) is 4.74 Å². The van der Waals surface area contributed by atoms with Crippen molar-refractivity contribution in [3.63, 3.8) is 0 Å². The zero-order valence-corrected chi connectivity index (χ0v) is 18.1. The maximum Gasteiger partial charge on any atom is 0.123 e. The van der Waals surface area contributed by atoms with Gasteiger partial charge in [0, 0.05) is 31.2 Å². The summed E-state index contributed by atoms with van der Waals surface area (Å²) in [6, 6.07) is 8.58. The zero-order chi connectivity index (χ0) is 20.5. The van der Waals surface area contributed by atoms with E-state index in [9.17, 15) is 10.2 Å². The van der Waals surface area contributed by atoms with E-state index in [0.29, 0.717) is 32.3 Å². The van der Waals surface area contributed by atoms with Crippen molar-refractivity contribution in [2.45, 2.75) is 88.5 Å². The van der Waals surface area contributed by atoms with Crippen LogP contribution in [0, 0.1) is 0 Å². The Morgan fingerprint density at radius 3 is 2.55 bits per heavy atom. The van der Waals surface area contributed by atoms with Crippen molar-refractivity contribution in [2.24, 2.45) is 0 Å². The topological polar surface area (TPSA) is 65.0 Å². The van der Waals surface area contributed by atoms with Gasteiger partial charge in [0.05, 0.1) is 5.60 Å². The van der Waals surface area contributed by atoms with Crippen LogP contribution in [0.25, 0.3) is 0 Å². The van der Waals surface area contributed by atoms with E-state index in [0.717, 1.165) is 37.0 Å². The largest absolute Gasteiger partial charge is 0.491 e. The fourth-order valence-electron chi connectivity index (χ4n) is 4.85. The van der Waals surface area contributed by atoms with Crippen molar-refractivity contribution in [1.82, 2.24) is 10.2 Å². The van der Waals surface area contributed by atoms with E-state index in [1.165, 1.54) is 38.5 Å². The van der Waals surface area contributed by atoms with Crippen molar-refractivity contribution >= 4 is 0 Å². The molecule has 5 nitrogen and oxygen atoms in total. The number of nitrogens with one attached hydrogen (secondary N) is 1. The highest BCUT2D eigenvalue weighted by Gasteiger charge is 2.28. The van der Waals surface area contributed by atoms with Gasteiger partial charge in [-0.2, -0.15) is 0 Å². The lowest BCUT2D eigenvalue weighted by Gasteiger charge is -2.32. The molecule has 0 unspecified atom stereocenters. The van der Waals surface area contributed by atoms with Gasteiger partial charge in [0.25, 0.3) is 0 Å². The third kappa shape index (κ3) is 7.25. The minimum absolute atomic E-state index is 0.304. The summed E-state index contributed by atoms with van der Waals surface area (Å²) in [6.45, 7) is 2.24. The van der Waals surface area contributed by atoms with Crippen LogP contribution in [0.1, 0.15) is 69.8 Å². The molecular formula is C24H40N2O3. The number of nitrogens with zero attached hydrogens (tertiary/aromatic N) is 1. The highest BCUT2D eigenvalue weighted by molar-refractivity contribution is 5.33. The van der Waals surface area contributed by atoms with Crippen molar-refractivity contribution in [2.75, 3.05) is 26.7 Å². The third-order valence-electron chi connectivity index (χ3n) is 6.65. The fourth-order valence-corrected chi connectivity index (χ4v) is 4.85. The Morgan fingerprint density at radius 1 is 1.10 bits per heavy atom. The molecule has 0 heterocycles. The lowest BCUT2D eigenvalue weighted by atomic mass is 9.85. The first-order chi connectivity index (χ1) is 14.1. The maximum atomic E-state index is 10.7. The monoisotopic (exact) mass is 404 g/mol. The Balaban J connectivity index is 1.43. The van der Waals surface area contributed by atoms with Gasteiger partial charge in [0.2, 0.25) is 0 Å². The molecule has 2 fully saturated rings. The van der Waals surface area contributed by atoms with Crippen molar-refractivity contribution in [3.8, 4) is 5.75 Å². The van der Waals surface area contributed by atoms with Gasteiger partial charge in [-0.25, -0.2) is 0 Å². The molecule has 2 aliphatic rings. The van der Waals surface area contributed by atoms with E-state index in [-0.39, 0.29) is 0 Å². The van der Waals surface area contributed by atoms with Gasteiger partial charge in [0.15, 0.2) is 0 Å². The second-order valence-corrected chi connectivity index (χ2v) is 9.19. The molecule has 0 amide bonds. The molecule has 1 aromatic rings. The minimum atomic E-state index is -0.562. The Labute approximate surface area is 176 Å². The van der Waals surface area contributed by atoms with E-state index < -0.39 is 11.7 Å². The third-order valence-corrected chi connectivity index (χ3v) is 6.65. The molecule has 0 saturated heterocycles. The molecule has 164 valence electrons. The van der Waals surface area contributed by atoms with Crippen LogP contribution in [-0.4, -0.2) is 59.6 Å². The van der Waals surface area contributed by atoms with Gasteiger partial charge in [-0.05, 0) is 38.8 Å². The number of rotatable bonds is 10. The Kier molecular flexibility index (Phi) is 8.79. The summed E-state index contributed by atoms with van der Waals surface area (Å²) < 4.78 is 5.98. The normalized spacial score (nSPS) is 21.2. The van der Waals surface area contributed by atoms with E-state index >= 15 is 0 Å².